The Labute approximate surface area is 168 Å². The van der Waals surface area contributed by atoms with Crippen molar-refractivity contribution >= 4 is 39.1 Å². The average molecular weight is 435 g/mol. The van der Waals surface area contributed by atoms with E-state index in [1.807, 2.05) is 12.1 Å². The third kappa shape index (κ3) is 4.21. The molecule has 0 spiro atoms. The zero-order valence-corrected chi connectivity index (χ0v) is 17.3. The highest BCUT2D eigenvalue weighted by Crippen LogP contribution is 2.65. The summed E-state index contributed by atoms with van der Waals surface area (Å²) in [7, 11) is 1.48. The normalized spacial score (nSPS) is 33.7. The second kappa shape index (κ2) is 7.21. The molecule has 0 heterocycles. The molecule has 4 saturated carbocycles. The molecule has 4 aliphatic rings. The highest BCUT2D eigenvalue weighted by Gasteiger charge is 2.57. The predicted molar refractivity (Wildman–Crippen MR) is 109 cm³/mol. The monoisotopic (exact) mass is 434 g/mol. The number of hydrogen-bond donors (Lipinski definition) is 2. The van der Waals surface area contributed by atoms with Crippen molar-refractivity contribution in [3.05, 3.63) is 24.3 Å². The number of hydrogen-bond acceptors (Lipinski definition) is 3. The Balaban J connectivity index is 1.39. The Morgan fingerprint density at radius 3 is 2.33 bits per heavy atom. The van der Waals surface area contributed by atoms with Crippen molar-refractivity contribution in [2.75, 3.05) is 24.4 Å². The summed E-state index contributed by atoms with van der Waals surface area (Å²) in [4.78, 5) is 24.5. The van der Waals surface area contributed by atoms with E-state index in [0.717, 1.165) is 18.3 Å². The van der Waals surface area contributed by atoms with Crippen LogP contribution in [0.25, 0.3) is 0 Å². The first kappa shape index (κ1) is 18.9. The van der Waals surface area contributed by atoms with Crippen molar-refractivity contribution in [1.82, 2.24) is 0 Å². The van der Waals surface area contributed by atoms with Crippen molar-refractivity contribution in [1.29, 1.82) is 0 Å². The maximum absolute atomic E-state index is 12.8. The molecule has 5 rings (SSSR count). The topological polar surface area (TPSA) is 67.4 Å². The van der Waals surface area contributed by atoms with Gasteiger partial charge in [0.05, 0.1) is 0 Å². The van der Waals surface area contributed by atoms with Gasteiger partial charge in [0.1, 0.15) is 6.61 Å². The van der Waals surface area contributed by atoms with Gasteiger partial charge in [0.15, 0.2) is 0 Å². The molecule has 0 radical (unpaired) electrons. The lowest BCUT2D eigenvalue weighted by Crippen LogP contribution is -2.53. The lowest BCUT2D eigenvalue weighted by molar-refractivity contribution is -0.123. The summed E-state index contributed by atoms with van der Waals surface area (Å²) in [5.41, 5.74) is 1.53. The van der Waals surface area contributed by atoms with Crippen LogP contribution in [-0.2, 0) is 14.3 Å². The molecule has 27 heavy (non-hydrogen) atoms. The van der Waals surface area contributed by atoms with Crippen molar-refractivity contribution in [2.24, 2.45) is 17.3 Å². The molecular weight excluding hydrogens is 408 g/mol. The first-order valence-corrected chi connectivity index (χ1v) is 10.5. The van der Waals surface area contributed by atoms with Crippen LogP contribution in [0.5, 0.6) is 0 Å². The van der Waals surface area contributed by atoms with Crippen LogP contribution in [0.4, 0.5) is 11.4 Å². The lowest BCUT2D eigenvalue weighted by Gasteiger charge is -2.60. The van der Waals surface area contributed by atoms with E-state index in [9.17, 15) is 9.59 Å². The van der Waals surface area contributed by atoms with Crippen LogP contribution in [-0.4, -0.2) is 29.9 Å². The zero-order chi connectivity index (χ0) is 19.1. The number of carbonyl (C=O) groups is 2. The number of benzene rings is 1. The average Bonchev–Trinajstić information content (AvgIpc) is 2.52. The molecule has 2 atom stereocenters. The van der Waals surface area contributed by atoms with Gasteiger partial charge in [-0.05, 0) is 74.0 Å². The fraction of sp³-hybridized carbons (Fsp3) is 0.619. The smallest absolute Gasteiger partial charge is 0.250 e. The standard InChI is InChI=1S/C21H27BrN2O3/c1-27-12-19(26)24-17-4-2-3-16(6-17)23-18(25)11-20-7-14-5-15(8-20)10-21(22,9-14)13-20/h2-4,6,14-15H,5,7-13H2,1H3,(H,23,25)(H,24,26)/t14-,15-,20?,21?/m1/s1. The first-order valence-electron chi connectivity index (χ1n) is 9.75. The largest absolute Gasteiger partial charge is 0.375 e. The number of rotatable bonds is 6. The molecule has 4 bridgehead atoms. The van der Waals surface area contributed by atoms with E-state index in [1.165, 1.54) is 39.2 Å². The number of carbonyl (C=O) groups excluding carboxylic acids is 2. The van der Waals surface area contributed by atoms with E-state index in [0.29, 0.717) is 17.8 Å². The second-order valence-corrected chi connectivity index (χ2v) is 10.6. The summed E-state index contributed by atoms with van der Waals surface area (Å²) in [5.74, 6) is 1.42. The summed E-state index contributed by atoms with van der Waals surface area (Å²) in [6.45, 7) is 0.00966. The number of nitrogens with one attached hydrogen (secondary N) is 2. The van der Waals surface area contributed by atoms with Gasteiger partial charge in [-0.1, -0.05) is 22.0 Å². The van der Waals surface area contributed by atoms with Crippen LogP contribution in [0.15, 0.2) is 24.3 Å². The molecule has 6 heteroatoms. The molecular formula is C21H27BrN2O3. The van der Waals surface area contributed by atoms with Crippen LogP contribution < -0.4 is 10.6 Å². The molecule has 1 aromatic carbocycles. The zero-order valence-electron chi connectivity index (χ0n) is 15.7. The highest BCUT2D eigenvalue weighted by molar-refractivity contribution is 9.10. The fourth-order valence-corrected chi connectivity index (χ4v) is 7.60. The van der Waals surface area contributed by atoms with Gasteiger partial charge in [-0.2, -0.15) is 0 Å². The summed E-state index contributed by atoms with van der Waals surface area (Å²) < 4.78 is 5.09. The Morgan fingerprint density at radius 2 is 1.74 bits per heavy atom. The Kier molecular flexibility index (Phi) is 5.06. The third-order valence-electron chi connectivity index (χ3n) is 6.35. The number of amides is 2. The maximum atomic E-state index is 12.8. The van der Waals surface area contributed by atoms with Gasteiger partial charge in [-0.15, -0.1) is 0 Å². The van der Waals surface area contributed by atoms with E-state index < -0.39 is 0 Å². The number of alkyl halides is 1. The minimum absolute atomic E-state index is 0.00966. The first-order chi connectivity index (χ1) is 12.9. The maximum Gasteiger partial charge on any atom is 0.250 e. The Morgan fingerprint density at radius 1 is 1.11 bits per heavy atom. The summed E-state index contributed by atoms with van der Waals surface area (Å²) in [6.07, 6.45) is 7.99. The highest BCUT2D eigenvalue weighted by atomic mass is 79.9. The molecule has 1 aromatic rings. The van der Waals surface area contributed by atoms with Gasteiger partial charge in [-0.25, -0.2) is 0 Å². The van der Waals surface area contributed by atoms with Gasteiger partial charge in [0, 0.05) is 29.2 Å². The van der Waals surface area contributed by atoms with Crippen LogP contribution >= 0.6 is 15.9 Å². The van der Waals surface area contributed by atoms with Gasteiger partial charge in [0.2, 0.25) is 11.8 Å². The molecule has 2 amide bonds. The molecule has 5 nitrogen and oxygen atoms in total. The van der Waals surface area contributed by atoms with Crippen molar-refractivity contribution < 1.29 is 14.3 Å². The number of ether oxygens (including phenoxy) is 1. The van der Waals surface area contributed by atoms with Crippen LogP contribution in [0, 0.1) is 17.3 Å². The van der Waals surface area contributed by atoms with Crippen molar-refractivity contribution in [3.63, 3.8) is 0 Å². The predicted octanol–water partition coefficient (Wildman–Crippen LogP) is 4.33. The van der Waals surface area contributed by atoms with Crippen molar-refractivity contribution in [3.8, 4) is 0 Å². The van der Waals surface area contributed by atoms with Gasteiger partial charge < -0.3 is 15.4 Å². The minimum Gasteiger partial charge on any atom is -0.375 e. The SMILES string of the molecule is COCC(=O)Nc1cccc(NC(=O)CC23C[C@H]4C[C@@H](CC(Br)(C4)C2)C3)c1. The number of anilines is 2. The van der Waals surface area contributed by atoms with Crippen LogP contribution in [0.3, 0.4) is 0 Å². The molecule has 4 fully saturated rings. The summed E-state index contributed by atoms with van der Waals surface area (Å²) in [6, 6.07) is 7.28. The third-order valence-corrected chi connectivity index (χ3v) is 7.28. The number of methoxy groups -OCH3 is 1. The fourth-order valence-electron chi connectivity index (χ4n) is 6.09. The van der Waals surface area contributed by atoms with Gasteiger partial charge in [-0.3, -0.25) is 9.59 Å². The van der Waals surface area contributed by atoms with Gasteiger partial charge in [0.25, 0.3) is 0 Å². The van der Waals surface area contributed by atoms with E-state index in [2.05, 4.69) is 26.6 Å². The quantitative estimate of drug-likeness (QED) is 0.654. The molecule has 4 aliphatic carbocycles. The van der Waals surface area contributed by atoms with E-state index in [-0.39, 0.29) is 28.2 Å². The van der Waals surface area contributed by atoms with Crippen molar-refractivity contribution in [2.45, 2.75) is 49.3 Å². The van der Waals surface area contributed by atoms with E-state index >= 15 is 0 Å². The molecule has 146 valence electrons. The molecule has 0 aromatic heterocycles. The van der Waals surface area contributed by atoms with E-state index in [4.69, 9.17) is 4.74 Å². The molecule has 2 N–H and O–H groups in total. The molecule has 0 aliphatic heterocycles. The Bertz CT molecular complexity index is 737. The van der Waals surface area contributed by atoms with Gasteiger partial charge >= 0.3 is 0 Å². The van der Waals surface area contributed by atoms with Crippen LogP contribution in [0.1, 0.15) is 44.9 Å². The van der Waals surface area contributed by atoms with E-state index in [1.54, 1.807) is 12.1 Å². The molecule has 0 unspecified atom stereocenters. The lowest BCUT2D eigenvalue weighted by atomic mass is 9.48. The molecule has 0 saturated heterocycles. The minimum atomic E-state index is -0.211. The number of halogens is 1. The summed E-state index contributed by atoms with van der Waals surface area (Å²) >= 11 is 4.01. The van der Waals surface area contributed by atoms with Crippen LogP contribution in [0.2, 0.25) is 0 Å². The summed E-state index contributed by atoms with van der Waals surface area (Å²) in [5, 5.41) is 5.80. The Hall–Kier alpha value is -1.40. The second-order valence-electron chi connectivity index (χ2n) is 8.90.